The molecule has 0 saturated heterocycles. The maximum atomic E-state index is 12.0. The summed E-state index contributed by atoms with van der Waals surface area (Å²) in [5, 5.41) is 8.84. The summed E-state index contributed by atoms with van der Waals surface area (Å²) in [6.45, 7) is 1.69. The lowest BCUT2D eigenvalue weighted by atomic mass is 10.1. The molecule has 1 unspecified atom stereocenters. The maximum absolute atomic E-state index is 12.0. The van der Waals surface area contributed by atoms with E-state index < -0.39 is 21.9 Å². The molecular formula is C12H16Cl2N2O4S. The van der Waals surface area contributed by atoms with E-state index in [4.69, 9.17) is 34.0 Å². The topological polar surface area (TPSA) is 109 Å². The molecule has 4 N–H and O–H groups in total. The second-order valence-corrected chi connectivity index (χ2v) is 7.16. The van der Waals surface area contributed by atoms with Crippen molar-refractivity contribution >= 4 is 44.9 Å². The van der Waals surface area contributed by atoms with Crippen LogP contribution in [0, 0.1) is 5.92 Å². The Labute approximate surface area is 133 Å². The summed E-state index contributed by atoms with van der Waals surface area (Å²) in [5.74, 6) is -1.43. The molecule has 0 heterocycles. The number of benzene rings is 1. The Morgan fingerprint density at radius 2 is 1.90 bits per heavy atom. The van der Waals surface area contributed by atoms with E-state index in [0.29, 0.717) is 12.8 Å². The minimum Gasteiger partial charge on any atom is -0.481 e. The monoisotopic (exact) mass is 354 g/mol. The van der Waals surface area contributed by atoms with Crippen molar-refractivity contribution in [3.63, 3.8) is 0 Å². The van der Waals surface area contributed by atoms with Gasteiger partial charge in [-0.25, -0.2) is 13.1 Å². The van der Waals surface area contributed by atoms with Crippen LogP contribution in [-0.2, 0) is 14.8 Å². The van der Waals surface area contributed by atoms with Crippen LogP contribution >= 0.6 is 23.2 Å². The molecule has 0 saturated carbocycles. The predicted octanol–water partition coefficient (Wildman–Crippen LogP) is 2.35. The number of anilines is 1. The summed E-state index contributed by atoms with van der Waals surface area (Å²) in [4.78, 5) is 10.6. The molecule has 0 aliphatic heterocycles. The van der Waals surface area contributed by atoms with Gasteiger partial charge in [0.05, 0.1) is 26.5 Å². The zero-order valence-corrected chi connectivity index (χ0v) is 13.6. The third kappa shape index (κ3) is 5.03. The number of rotatable bonds is 7. The fraction of sp³-hybridized carbons (Fsp3) is 0.417. The molecule has 0 aromatic heterocycles. The Balaban J connectivity index is 2.68. The molecule has 1 aromatic carbocycles. The SMILES string of the molecule is CC(CCCNS(=O)(=O)c1cc(Cl)c(N)c(Cl)c1)C(=O)O. The lowest BCUT2D eigenvalue weighted by Crippen LogP contribution is -2.25. The number of nitrogens with one attached hydrogen (secondary N) is 1. The normalized spacial score (nSPS) is 13.1. The Kier molecular flexibility index (Phi) is 6.27. The van der Waals surface area contributed by atoms with Crippen LogP contribution in [0.2, 0.25) is 10.0 Å². The number of hydrogen-bond acceptors (Lipinski definition) is 4. The van der Waals surface area contributed by atoms with Gasteiger partial charge >= 0.3 is 5.97 Å². The standard InChI is InChI=1S/C12H16Cl2N2O4S/c1-7(12(17)18)3-2-4-16-21(19,20)8-5-9(13)11(15)10(14)6-8/h5-7,16H,2-4,15H2,1H3,(H,17,18). The number of sulfonamides is 1. The Hall–Kier alpha value is -1.02. The van der Waals surface area contributed by atoms with E-state index in [-0.39, 0.29) is 27.2 Å². The third-order valence-corrected chi connectivity index (χ3v) is 4.96. The molecule has 118 valence electrons. The van der Waals surface area contributed by atoms with Crippen molar-refractivity contribution in [1.29, 1.82) is 0 Å². The summed E-state index contributed by atoms with van der Waals surface area (Å²) in [7, 11) is -3.76. The minimum absolute atomic E-state index is 0.0578. The van der Waals surface area contributed by atoms with Crippen LogP contribution in [0.25, 0.3) is 0 Å². The molecule has 1 aromatic rings. The van der Waals surface area contributed by atoms with Gasteiger partial charge in [-0.2, -0.15) is 0 Å². The van der Waals surface area contributed by atoms with Gasteiger partial charge in [0, 0.05) is 6.54 Å². The molecule has 0 bridgehead atoms. The molecule has 0 amide bonds. The highest BCUT2D eigenvalue weighted by atomic mass is 35.5. The predicted molar refractivity (Wildman–Crippen MR) is 82.1 cm³/mol. The molecular weight excluding hydrogens is 339 g/mol. The van der Waals surface area contributed by atoms with Crippen molar-refractivity contribution < 1.29 is 18.3 Å². The zero-order chi connectivity index (χ0) is 16.2. The van der Waals surface area contributed by atoms with Crippen LogP contribution in [0.3, 0.4) is 0 Å². The average molecular weight is 355 g/mol. The first kappa shape index (κ1) is 18.0. The Morgan fingerprint density at radius 1 is 1.38 bits per heavy atom. The molecule has 9 heteroatoms. The number of nitrogens with two attached hydrogens (primary N) is 1. The first-order valence-electron chi connectivity index (χ1n) is 6.12. The molecule has 0 spiro atoms. The molecule has 1 rings (SSSR count). The van der Waals surface area contributed by atoms with Crippen molar-refractivity contribution in [2.45, 2.75) is 24.7 Å². The van der Waals surface area contributed by atoms with Crippen molar-refractivity contribution in [3.05, 3.63) is 22.2 Å². The van der Waals surface area contributed by atoms with Gasteiger partial charge in [0.2, 0.25) is 10.0 Å². The van der Waals surface area contributed by atoms with E-state index in [0.717, 1.165) is 0 Å². The first-order valence-corrected chi connectivity index (χ1v) is 8.36. The first-order chi connectivity index (χ1) is 9.65. The smallest absolute Gasteiger partial charge is 0.306 e. The van der Waals surface area contributed by atoms with Crippen LogP contribution in [0.15, 0.2) is 17.0 Å². The van der Waals surface area contributed by atoms with Crippen molar-refractivity contribution in [1.82, 2.24) is 4.72 Å². The number of aliphatic carboxylic acids is 1. The number of carboxylic acids is 1. The van der Waals surface area contributed by atoms with Gasteiger partial charge in [-0.05, 0) is 25.0 Å². The number of carbonyl (C=O) groups is 1. The summed E-state index contributed by atoms with van der Waals surface area (Å²) in [6.07, 6.45) is 0.782. The number of nitrogen functional groups attached to an aromatic ring is 1. The van der Waals surface area contributed by atoms with Crippen LogP contribution in [-0.4, -0.2) is 26.0 Å². The highest BCUT2D eigenvalue weighted by Crippen LogP contribution is 2.30. The van der Waals surface area contributed by atoms with Crippen molar-refractivity contribution in [3.8, 4) is 0 Å². The van der Waals surface area contributed by atoms with Gasteiger partial charge in [-0.1, -0.05) is 30.1 Å². The lowest BCUT2D eigenvalue weighted by Gasteiger charge is -2.10. The number of hydrogen-bond donors (Lipinski definition) is 3. The summed E-state index contributed by atoms with van der Waals surface area (Å²) in [5.41, 5.74) is 5.66. The highest BCUT2D eigenvalue weighted by molar-refractivity contribution is 7.89. The van der Waals surface area contributed by atoms with Gasteiger partial charge in [-0.3, -0.25) is 4.79 Å². The van der Waals surface area contributed by atoms with Gasteiger partial charge in [-0.15, -0.1) is 0 Å². The lowest BCUT2D eigenvalue weighted by molar-refractivity contribution is -0.141. The fourth-order valence-electron chi connectivity index (χ4n) is 1.54. The van der Waals surface area contributed by atoms with E-state index in [1.165, 1.54) is 12.1 Å². The number of carboxylic acid groups (broad SMARTS) is 1. The molecule has 21 heavy (non-hydrogen) atoms. The van der Waals surface area contributed by atoms with Crippen LogP contribution in [0.4, 0.5) is 5.69 Å². The molecule has 1 atom stereocenters. The van der Waals surface area contributed by atoms with E-state index in [9.17, 15) is 13.2 Å². The van der Waals surface area contributed by atoms with Crippen molar-refractivity contribution in [2.24, 2.45) is 5.92 Å². The zero-order valence-electron chi connectivity index (χ0n) is 11.3. The van der Waals surface area contributed by atoms with Crippen LogP contribution in [0.1, 0.15) is 19.8 Å². The van der Waals surface area contributed by atoms with E-state index in [1.807, 2.05) is 0 Å². The molecule has 0 radical (unpaired) electrons. The van der Waals surface area contributed by atoms with Gasteiger partial charge < -0.3 is 10.8 Å². The number of halogens is 2. The second kappa shape index (κ2) is 7.31. The molecule has 0 aliphatic carbocycles. The summed E-state index contributed by atoms with van der Waals surface area (Å²) < 4.78 is 26.4. The molecule has 0 fully saturated rings. The minimum atomic E-state index is -3.76. The Morgan fingerprint density at radius 3 is 2.38 bits per heavy atom. The van der Waals surface area contributed by atoms with E-state index in [2.05, 4.69) is 4.72 Å². The maximum Gasteiger partial charge on any atom is 0.306 e. The third-order valence-electron chi connectivity index (χ3n) is 2.89. The average Bonchev–Trinajstić information content (AvgIpc) is 2.39. The van der Waals surface area contributed by atoms with Gasteiger partial charge in [0.25, 0.3) is 0 Å². The molecule has 6 nitrogen and oxygen atoms in total. The summed E-state index contributed by atoms with van der Waals surface area (Å²) in [6, 6.07) is 2.43. The van der Waals surface area contributed by atoms with Gasteiger partial charge in [0.15, 0.2) is 0 Å². The van der Waals surface area contributed by atoms with Gasteiger partial charge in [0.1, 0.15) is 0 Å². The molecule has 0 aliphatic rings. The highest BCUT2D eigenvalue weighted by Gasteiger charge is 2.17. The van der Waals surface area contributed by atoms with Crippen molar-refractivity contribution in [2.75, 3.05) is 12.3 Å². The largest absolute Gasteiger partial charge is 0.481 e. The quantitative estimate of drug-likeness (QED) is 0.514. The summed E-state index contributed by atoms with van der Waals surface area (Å²) >= 11 is 11.6. The Bertz CT molecular complexity index is 611. The van der Waals surface area contributed by atoms with E-state index >= 15 is 0 Å². The van der Waals surface area contributed by atoms with Crippen LogP contribution in [0.5, 0.6) is 0 Å². The van der Waals surface area contributed by atoms with E-state index in [1.54, 1.807) is 6.92 Å². The second-order valence-electron chi connectivity index (χ2n) is 4.58. The van der Waals surface area contributed by atoms with Crippen LogP contribution < -0.4 is 10.5 Å². The fourth-order valence-corrected chi connectivity index (χ4v) is 3.28.